The molecule has 0 aliphatic carbocycles. The van der Waals surface area contributed by atoms with Crippen molar-refractivity contribution in [3.8, 4) is 5.75 Å². The number of ether oxygens (including phenoxy) is 1. The van der Waals surface area contributed by atoms with Gasteiger partial charge in [0, 0.05) is 5.69 Å². The van der Waals surface area contributed by atoms with Crippen molar-refractivity contribution in [1.82, 2.24) is 0 Å². The molecule has 0 amide bonds. The van der Waals surface area contributed by atoms with Gasteiger partial charge in [0.05, 0.1) is 10.0 Å². The molecule has 0 unspecified atom stereocenters. The van der Waals surface area contributed by atoms with E-state index in [0.29, 0.717) is 0 Å². The maximum Gasteiger partial charge on any atom is 0.573 e. The summed E-state index contributed by atoms with van der Waals surface area (Å²) < 4.78 is 39.5. The number of carbonyl (C=O) groups excluding carboxylic acids is 1. The number of aldehydes is 1. The number of nitrogens with two attached hydrogens (primary N) is 1. The average Bonchev–Trinajstić information content (AvgIpc) is 2.11. The smallest absolute Gasteiger partial charge is 0.404 e. The number of hydrogen-bond donors (Lipinski definition) is 1. The SMILES string of the molecule is Nc1ccc(C=O)c(OC(F)(F)F)c1Br. The lowest BCUT2D eigenvalue weighted by Gasteiger charge is -2.13. The quantitative estimate of drug-likeness (QED) is 0.671. The van der Waals surface area contributed by atoms with Gasteiger partial charge >= 0.3 is 6.36 Å². The lowest BCUT2D eigenvalue weighted by Crippen LogP contribution is -2.18. The van der Waals surface area contributed by atoms with Crippen LogP contribution in [0.25, 0.3) is 0 Å². The predicted molar refractivity (Wildman–Crippen MR) is 50.6 cm³/mol. The molecule has 0 spiro atoms. The number of halogens is 4. The Morgan fingerprint density at radius 2 is 2.00 bits per heavy atom. The van der Waals surface area contributed by atoms with E-state index in [4.69, 9.17) is 5.73 Å². The molecule has 0 fully saturated rings. The predicted octanol–water partition coefficient (Wildman–Crippen LogP) is 2.74. The van der Waals surface area contributed by atoms with E-state index < -0.39 is 12.1 Å². The van der Waals surface area contributed by atoms with Crippen LogP contribution in [-0.4, -0.2) is 12.6 Å². The van der Waals surface area contributed by atoms with Gasteiger partial charge in [-0.25, -0.2) is 0 Å². The third-order valence-electron chi connectivity index (χ3n) is 1.50. The second-order valence-electron chi connectivity index (χ2n) is 2.55. The molecule has 82 valence electrons. The summed E-state index contributed by atoms with van der Waals surface area (Å²) >= 11 is 2.82. The first-order chi connectivity index (χ1) is 6.85. The maximum absolute atomic E-state index is 12.0. The second-order valence-corrected chi connectivity index (χ2v) is 3.35. The highest BCUT2D eigenvalue weighted by Gasteiger charge is 2.33. The van der Waals surface area contributed by atoms with Gasteiger partial charge in [-0.1, -0.05) is 0 Å². The van der Waals surface area contributed by atoms with Crippen molar-refractivity contribution in [1.29, 1.82) is 0 Å². The monoisotopic (exact) mass is 283 g/mol. The zero-order valence-corrected chi connectivity index (χ0v) is 8.72. The lowest BCUT2D eigenvalue weighted by molar-refractivity contribution is -0.274. The third-order valence-corrected chi connectivity index (χ3v) is 2.32. The first kappa shape index (κ1) is 11.8. The van der Waals surface area contributed by atoms with Crippen LogP contribution in [0.4, 0.5) is 18.9 Å². The molecule has 0 saturated carbocycles. The lowest BCUT2D eigenvalue weighted by atomic mass is 10.2. The Hall–Kier alpha value is -1.24. The summed E-state index contributed by atoms with van der Waals surface area (Å²) in [6, 6.07) is 2.45. The van der Waals surface area contributed by atoms with Crippen molar-refractivity contribution in [2.45, 2.75) is 6.36 Å². The van der Waals surface area contributed by atoms with Crippen LogP contribution in [-0.2, 0) is 0 Å². The molecule has 0 aromatic heterocycles. The van der Waals surface area contributed by atoms with Gasteiger partial charge in [-0.3, -0.25) is 4.79 Å². The zero-order chi connectivity index (χ0) is 11.6. The molecule has 3 nitrogen and oxygen atoms in total. The van der Waals surface area contributed by atoms with Crippen molar-refractivity contribution >= 4 is 27.9 Å². The van der Waals surface area contributed by atoms with Crippen LogP contribution in [0, 0.1) is 0 Å². The largest absolute Gasteiger partial charge is 0.573 e. The Morgan fingerprint density at radius 3 is 2.47 bits per heavy atom. The van der Waals surface area contributed by atoms with E-state index in [2.05, 4.69) is 20.7 Å². The second kappa shape index (κ2) is 4.09. The summed E-state index contributed by atoms with van der Waals surface area (Å²) in [5.41, 5.74) is 5.18. The highest BCUT2D eigenvalue weighted by Crippen LogP contribution is 2.36. The van der Waals surface area contributed by atoms with Gasteiger partial charge in [-0.05, 0) is 28.1 Å². The van der Waals surface area contributed by atoms with E-state index in [1.807, 2.05) is 0 Å². The molecule has 0 heterocycles. The van der Waals surface area contributed by atoms with Crippen LogP contribution >= 0.6 is 15.9 Å². The number of hydrogen-bond acceptors (Lipinski definition) is 3. The maximum atomic E-state index is 12.0. The molecule has 2 N–H and O–H groups in total. The Bertz CT molecular complexity index is 392. The standard InChI is InChI=1S/C8H5BrF3NO2/c9-6-5(13)2-1-4(3-14)7(6)15-8(10,11)12/h1-3H,13H2. The van der Waals surface area contributed by atoms with E-state index in [1.165, 1.54) is 6.07 Å². The van der Waals surface area contributed by atoms with Gasteiger partial charge < -0.3 is 10.5 Å². The van der Waals surface area contributed by atoms with Gasteiger partial charge in [-0.2, -0.15) is 0 Å². The topological polar surface area (TPSA) is 52.3 Å². The van der Waals surface area contributed by atoms with Gasteiger partial charge in [0.15, 0.2) is 12.0 Å². The molecule has 1 aromatic rings. The van der Waals surface area contributed by atoms with Crippen LogP contribution in [0.3, 0.4) is 0 Å². The van der Waals surface area contributed by atoms with Crippen molar-refractivity contribution in [2.24, 2.45) is 0 Å². The Kier molecular flexibility index (Phi) is 3.23. The van der Waals surface area contributed by atoms with Crippen LogP contribution in [0.1, 0.15) is 10.4 Å². The van der Waals surface area contributed by atoms with Gasteiger partial charge in [-0.15, -0.1) is 13.2 Å². The molecule has 0 atom stereocenters. The summed E-state index contributed by atoms with van der Waals surface area (Å²) in [6.45, 7) is 0. The summed E-state index contributed by atoms with van der Waals surface area (Å²) in [5, 5.41) is 0. The molecule has 1 rings (SSSR count). The normalized spacial score (nSPS) is 11.2. The van der Waals surface area contributed by atoms with Crippen LogP contribution in [0.5, 0.6) is 5.75 Å². The fraction of sp³-hybridized carbons (Fsp3) is 0.125. The molecule has 0 aliphatic rings. The van der Waals surface area contributed by atoms with Crippen molar-refractivity contribution in [3.05, 3.63) is 22.2 Å². The van der Waals surface area contributed by atoms with Crippen LogP contribution < -0.4 is 10.5 Å². The zero-order valence-electron chi connectivity index (χ0n) is 7.14. The summed E-state index contributed by atoms with van der Waals surface area (Å²) in [4.78, 5) is 10.5. The van der Waals surface area contributed by atoms with E-state index in [-0.39, 0.29) is 22.0 Å². The van der Waals surface area contributed by atoms with Crippen LogP contribution in [0.2, 0.25) is 0 Å². The van der Waals surface area contributed by atoms with Gasteiger partial charge in [0.25, 0.3) is 0 Å². The van der Waals surface area contributed by atoms with Crippen molar-refractivity contribution in [3.63, 3.8) is 0 Å². The Morgan fingerprint density at radius 1 is 1.40 bits per heavy atom. The Labute approximate surface area is 91.1 Å². The van der Waals surface area contributed by atoms with E-state index >= 15 is 0 Å². The fourth-order valence-corrected chi connectivity index (χ4v) is 1.34. The number of anilines is 1. The van der Waals surface area contributed by atoms with E-state index in [0.717, 1.165) is 6.07 Å². The molecule has 0 saturated heterocycles. The average molecular weight is 284 g/mol. The van der Waals surface area contributed by atoms with E-state index in [9.17, 15) is 18.0 Å². The molecule has 1 aromatic carbocycles. The van der Waals surface area contributed by atoms with Crippen molar-refractivity contribution < 1.29 is 22.7 Å². The summed E-state index contributed by atoms with van der Waals surface area (Å²) in [6.07, 6.45) is -4.61. The summed E-state index contributed by atoms with van der Waals surface area (Å²) in [7, 11) is 0. The highest BCUT2D eigenvalue weighted by atomic mass is 79.9. The number of alkyl halides is 3. The molecule has 0 aliphatic heterocycles. The molecule has 0 radical (unpaired) electrons. The minimum Gasteiger partial charge on any atom is -0.404 e. The number of nitrogen functional groups attached to an aromatic ring is 1. The minimum atomic E-state index is -4.87. The first-order valence-corrected chi connectivity index (χ1v) is 4.43. The van der Waals surface area contributed by atoms with Gasteiger partial charge in [0.1, 0.15) is 0 Å². The number of benzene rings is 1. The van der Waals surface area contributed by atoms with Crippen molar-refractivity contribution in [2.75, 3.05) is 5.73 Å². The fourth-order valence-electron chi connectivity index (χ4n) is 0.898. The molecular formula is C8H5BrF3NO2. The first-order valence-electron chi connectivity index (χ1n) is 3.64. The molecule has 7 heteroatoms. The Balaban J connectivity index is 3.24. The number of carbonyl (C=O) groups is 1. The third kappa shape index (κ3) is 2.85. The highest BCUT2D eigenvalue weighted by molar-refractivity contribution is 9.10. The van der Waals surface area contributed by atoms with E-state index in [1.54, 1.807) is 0 Å². The number of rotatable bonds is 2. The minimum absolute atomic E-state index is 0.0554. The molecule has 0 bridgehead atoms. The summed E-state index contributed by atoms with van der Waals surface area (Å²) in [5.74, 6) is -0.627. The molecule has 15 heavy (non-hydrogen) atoms. The van der Waals surface area contributed by atoms with Gasteiger partial charge in [0.2, 0.25) is 0 Å². The molecular weight excluding hydrogens is 279 g/mol. The van der Waals surface area contributed by atoms with Crippen LogP contribution in [0.15, 0.2) is 16.6 Å².